The fraction of sp³-hybridized carbons (Fsp3) is 0.833. The Morgan fingerprint density at radius 1 is 1.75 bits per heavy atom. The molecule has 1 aliphatic carbocycles. The first-order valence-corrected chi connectivity index (χ1v) is 2.92. The molecule has 0 radical (unpaired) electrons. The normalized spacial score (nSPS) is 38.5. The van der Waals surface area contributed by atoms with Gasteiger partial charge >= 0.3 is 0 Å². The van der Waals surface area contributed by atoms with Crippen LogP contribution < -0.4 is 0 Å². The second kappa shape index (κ2) is 1.86. The highest BCUT2D eigenvalue weighted by molar-refractivity contribution is 5.85. The van der Waals surface area contributed by atoms with Crippen molar-refractivity contribution in [2.45, 2.75) is 25.9 Å². The number of Topliss-reactive ketones (excluding diaryl/α,β-unsaturated/α-hetero) is 1. The molecular weight excluding hydrogens is 104 g/mol. The van der Waals surface area contributed by atoms with E-state index in [2.05, 4.69) is 0 Å². The Morgan fingerprint density at radius 2 is 2.38 bits per heavy atom. The summed E-state index contributed by atoms with van der Waals surface area (Å²) in [5, 5.41) is 8.92. The van der Waals surface area contributed by atoms with Gasteiger partial charge in [-0.05, 0) is 12.3 Å². The molecule has 2 heteroatoms. The summed E-state index contributed by atoms with van der Waals surface area (Å²) in [5.74, 6) is 0.208. The van der Waals surface area contributed by atoms with Gasteiger partial charge < -0.3 is 5.11 Å². The Hall–Kier alpha value is -0.370. The SMILES string of the molecule is CC1CCC(=O)C1O. The third kappa shape index (κ3) is 0.757. The first kappa shape index (κ1) is 5.76. The minimum Gasteiger partial charge on any atom is -0.385 e. The summed E-state index contributed by atoms with van der Waals surface area (Å²) in [6.07, 6.45) is 0.775. The molecule has 2 nitrogen and oxygen atoms in total. The molecule has 0 spiro atoms. The molecule has 0 saturated heterocycles. The number of rotatable bonds is 0. The minimum absolute atomic E-state index is 0.0116. The van der Waals surface area contributed by atoms with Crippen molar-refractivity contribution in [1.29, 1.82) is 0 Å². The second-order valence-corrected chi connectivity index (χ2v) is 2.43. The molecule has 0 heterocycles. The number of aliphatic hydroxyl groups is 1. The fourth-order valence-corrected chi connectivity index (χ4v) is 0.993. The maximum atomic E-state index is 10.5. The summed E-state index contributed by atoms with van der Waals surface area (Å²) in [5.41, 5.74) is 0. The van der Waals surface area contributed by atoms with Crippen molar-refractivity contribution in [1.82, 2.24) is 0 Å². The maximum Gasteiger partial charge on any atom is 0.161 e. The number of hydrogen-bond donors (Lipinski definition) is 1. The highest BCUT2D eigenvalue weighted by Gasteiger charge is 2.28. The molecule has 1 N–H and O–H groups in total. The predicted molar refractivity (Wildman–Crippen MR) is 29.4 cm³/mol. The van der Waals surface area contributed by atoms with E-state index < -0.39 is 6.10 Å². The first-order valence-electron chi connectivity index (χ1n) is 2.92. The molecule has 1 fully saturated rings. The van der Waals surface area contributed by atoms with Crippen LogP contribution in [0.3, 0.4) is 0 Å². The van der Waals surface area contributed by atoms with Crippen molar-refractivity contribution >= 4 is 5.78 Å². The van der Waals surface area contributed by atoms with Crippen molar-refractivity contribution in [3.63, 3.8) is 0 Å². The number of ketones is 1. The molecule has 0 aromatic carbocycles. The number of aliphatic hydroxyl groups excluding tert-OH is 1. The van der Waals surface area contributed by atoms with Gasteiger partial charge in [0.05, 0.1) is 0 Å². The topological polar surface area (TPSA) is 37.3 Å². The third-order valence-corrected chi connectivity index (χ3v) is 1.71. The van der Waals surface area contributed by atoms with E-state index in [9.17, 15) is 4.79 Å². The van der Waals surface area contributed by atoms with E-state index in [1.807, 2.05) is 6.92 Å². The van der Waals surface area contributed by atoms with Crippen molar-refractivity contribution in [3.05, 3.63) is 0 Å². The lowest BCUT2D eigenvalue weighted by molar-refractivity contribution is -0.125. The standard InChI is InChI=1S/C6H10O2/c1-4-2-3-5(7)6(4)8/h4,6,8H,2-3H2,1H3. The van der Waals surface area contributed by atoms with Crippen LogP contribution >= 0.6 is 0 Å². The van der Waals surface area contributed by atoms with E-state index in [4.69, 9.17) is 5.11 Å². The van der Waals surface area contributed by atoms with E-state index >= 15 is 0 Å². The van der Waals surface area contributed by atoms with Gasteiger partial charge in [-0.2, -0.15) is 0 Å². The van der Waals surface area contributed by atoms with E-state index in [-0.39, 0.29) is 11.7 Å². The van der Waals surface area contributed by atoms with Gasteiger partial charge in [0.1, 0.15) is 6.10 Å². The van der Waals surface area contributed by atoms with Crippen LogP contribution in [0.4, 0.5) is 0 Å². The smallest absolute Gasteiger partial charge is 0.161 e. The third-order valence-electron chi connectivity index (χ3n) is 1.71. The zero-order valence-corrected chi connectivity index (χ0v) is 4.92. The Kier molecular flexibility index (Phi) is 1.34. The summed E-state index contributed by atoms with van der Waals surface area (Å²) in [6, 6.07) is 0. The van der Waals surface area contributed by atoms with E-state index in [1.165, 1.54) is 0 Å². The van der Waals surface area contributed by atoms with Gasteiger partial charge in [0.15, 0.2) is 5.78 Å². The Labute approximate surface area is 48.5 Å². The molecular formula is C6H10O2. The number of hydrogen-bond acceptors (Lipinski definition) is 2. The minimum atomic E-state index is -0.657. The molecule has 1 saturated carbocycles. The van der Waals surface area contributed by atoms with Gasteiger partial charge in [0.25, 0.3) is 0 Å². The first-order chi connectivity index (χ1) is 3.72. The number of carbonyl (C=O) groups is 1. The summed E-state index contributed by atoms with van der Waals surface area (Å²) in [6.45, 7) is 1.90. The molecule has 1 rings (SSSR count). The van der Waals surface area contributed by atoms with Gasteiger partial charge in [-0.25, -0.2) is 0 Å². The van der Waals surface area contributed by atoms with Crippen LogP contribution in [0.2, 0.25) is 0 Å². The lowest BCUT2D eigenvalue weighted by atomic mass is 10.1. The molecule has 0 amide bonds. The zero-order chi connectivity index (χ0) is 6.15. The van der Waals surface area contributed by atoms with Crippen molar-refractivity contribution in [3.8, 4) is 0 Å². The van der Waals surface area contributed by atoms with Crippen LogP contribution in [-0.2, 0) is 4.79 Å². The predicted octanol–water partition coefficient (Wildman–Crippen LogP) is 0.346. The van der Waals surface area contributed by atoms with Crippen molar-refractivity contribution in [2.24, 2.45) is 5.92 Å². The summed E-state index contributed by atoms with van der Waals surface area (Å²) in [7, 11) is 0. The van der Waals surface area contributed by atoms with Crippen LogP contribution in [0.1, 0.15) is 19.8 Å². The molecule has 2 unspecified atom stereocenters. The summed E-state index contributed by atoms with van der Waals surface area (Å²) >= 11 is 0. The quantitative estimate of drug-likeness (QED) is 0.493. The molecule has 0 bridgehead atoms. The highest BCUT2D eigenvalue weighted by Crippen LogP contribution is 2.20. The maximum absolute atomic E-state index is 10.5. The molecule has 2 atom stereocenters. The largest absolute Gasteiger partial charge is 0.385 e. The Morgan fingerprint density at radius 3 is 2.50 bits per heavy atom. The van der Waals surface area contributed by atoms with Crippen LogP contribution in [0.25, 0.3) is 0 Å². The van der Waals surface area contributed by atoms with Crippen LogP contribution in [0.15, 0.2) is 0 Å². The second-order valence-electron chi connectivity index (χ2n) is 2.43. The van der Waals surface area contributed by atoms with Crippen LogP contribution in [0, 0.1) is 5.92 Å². The van der Waals surface area contributed by atoms with Crippen LogP contribution in [-0.4, -0.2) is 17.0 Å². The van der Waals surface area contributed by atoms with E-state index in [1.54, 1.807) is 0 Å². The van der Waals surface area contributed by atoms with Gasteiger partial charge in [-0.3, -0.25) is 4.79 Å². The lowest BCUT2D eigenvalue weighted by Crippen LogP contribution is -2.17. The van der Waals surface area contributed by atoms with Gasteiger partial charge in [0, 0.05) is 6.42 Å². The lowest BCUT2D eigenvalue weighted by Gasteiger charge is -2.02. The molecule has 0 aliphatic heterocycles. The number of carbonyl (C=O) groups excluding carboxylic acids is 1. The monoisotopic (exact) mass is 114 g/mol. The molecule has 1 aliphatic rings. The van der Waals surface area contributed by atoms with E-state index in [0.717, 1.165) is 6.42 Å². The Bertz CT molecular complexity index is 109. The van der Waals surface area contributed by atoms with Crippen molar-refractivity contribution in [2.75, 3.05) is 0 Å². The summed E-state index contributed by atoms with van der Waals surface area (Å²) < 4.78 is 0. The molecule has 0 aromatic heterocycles. The molecule has 46 valence electrons. The van der Waals surface area contributed by atoms with Gasteiger partial charge in [0.2, 0.25) is 0 Å². The van der Waals surface area contributed by atoms with Gasteiger partial charge in [-0.1, -0.05) is 6.92 Å². The van der Waals surface area contributed by atoms with E-state index in [0.29, 0.717) is 6.42 Å². The average molecular weight is 114 g/mol. The molecule has 8 heavy (non-hydrogen) atoms. The highest BCUT2D eigenvalue weighted by atomic mass is 16.3. The Balaban J connectivity index is 2.56. The average Bonchev–Trinajstić information content (AvgIpc) is 1.98. The molecule has 0 aromatic rings. The zero-order valence-electron chi connectivity index (χ0n) is 4.92. The van der Waals surface area contributed by atoms with Crippen LogP contribution in [0.5, 0.6) is 0 Å². The van der Waals surface area contributed by atoms with Crippen molar-refractivity contribution < 1.29 is 9.90 Å². The summed E-state index contributed by atoms with van der Waals surface area (Å²) in [4.78, 5) is 10.5. The van der Waals surface area contributed by atoms with Gasteiger partial charge in [-0.15, -0.1) is 0 Å². The fourth-order valence-electron chi connectivity index (χ4n) is 0.993.